The first-order valence-electron chi connectivity index (χ1n) is 8.93. The molecule has 0 radical (unpaired) electrons. The number of aromatic nitrogens is 1. The molecule has 0 aliphatic carbocycles. The zero-order valence-corrected chi connectivity index (χ0v) is 17.1. The topological polar surface area (TPSA) is 81.4 Å². The Balaban J connectivity index is 1.55. The SMILES string of the molecule is CCOC(=O)c1ccc(NC(=O)CCc2ncc(-c3ccc(Cl)cc3Cl)o2)cc1. The molecular formula is C21H18Cl2N2O4. The van der Waals surface area contributed by atoms with Crippen molar-refractivity contribution in [1.82, 2.24) is 4.98 Å². The summed E-state index contributed by atoms with van der Waals surface area (Å²) in [5.74, 6) is 0.347. The molecule has 0 fully saturated rings. The van der Waals surface area contributed by atoms with Gasteiger partial charge in [0.05, 0.1) is 23.4 Å². The monoisotopic (exact) mass is 432 g/mol. The van der Waals surface area contributed by atoms with Crippen molar-refractivity contribution in [3.8, 4) is 11.3 Å². The maximum Gasteiger partial charge on any atom is 0.338 e. The van der Waals surface area contributed by atoms with Gasteiger partial charge in [0.15, 0.2) is 11.7 Å². The average molecular weight is 433 g/mol. The average Bonchev–Trinajstić information content (AvgIpc) is 3.16. The number of nitrogens with one attached hydrogen (secondary N) is 1. The number of carbonyl (C=O) groups excluding carboxylic acids is 2. The van der Waals surface area contributed by atoms with Gasteiger partial charge in [-0.05, 0) is 49.4 Å². The van der Waals surface area contributed by atoms with Crippen molar-refractivity contribution >= 4 is 40.8 Å². The van der Waals surface area contributed by atoms with Gasteiger partial charge in [-0.3, -0.25) is 4.79 Å². The van der Waals surface area contributed by atoms with E-state index in [0.29, 0.717) is 51.5 Å². The largest absolute Gasteiger partial charge is 0.462 e. The maximum atomic E-state index is 12.2. The number of anilines is 1. The highest BCUT2D eigenvalue weighted by atomic mass is 35.5. The zero-order chi connectivity index (χ0) is 20.8. The minimum Gasteiger partial charge on any atom is -0.462 e. The number of benzene rings is 2. The first kappa shape index (κ1) is 20.9. The van der Waals surface area contributed by atoms with Crippen molar-refractivity contribution in [3.05, 3.63) is 70.2 Å². The fourth-order valence-corrected chi connectivity index (χ4v) is 3.09. The highest BCUT2D eigenvalue weighted by molar-refractivity contribution is 6.36. The quantitative estimate of drug-likeness (QED) is 0.505. The summed E-state index contributed by atoms with van der Waals surface area (Å²) in [7, 11) is 0. The molecule has 0 aliphatic rings. The van der Waals surface area contributed by atoms with E-state index in [1.54, 1.807) is 55.6 Å². The molecule has 1 heterocycles. The van der Waals surface area contributed by atoms with Crippen LogP contribution in [-0.4, -0.2) is 23.5 Å². The van der Waals surface area contributed by atoms with E-state index < -0.39 is 5.97 Å². The van der Waals surface area contributed by atoms with Crippen molar-refractivity contribution in [1.29, 1.82) is 0 Å². The number of halogens is 2. The van der Waals surface area contributed by atoms with Gasteiger partial charge in [0.2, 0.25) is 5.91 Å². The molecule has 2 aromatic carbocycles. The number of oxazole rings is 1. The Hall–Kier alpha value is -2.83. The molecule has 6 nitrogen and oxygen atoms in total. The molecule has 3 rings (SSSR count). The van der Waals surface area contributed by atoms with Crippen molar-refractivity contribution in [3.63, 3.8) is 0 Å². The predicted octanol–water partition coefficient (Wildman–Crippen LogP) is 5.40. The second kappa shape index (κ2) is 9.58. The van der Waals surface area contributed by atoms with Crippen LogP contribution in [-0.2, 0) is 16.0 Å². The number of esters is 1. The van der Waals surface area contributed by atoms with Crippen molar-refractivity contribution in [2.45, 2.75) is 19.8 Å². The molecule has 0 unspecified atom stereocenters. The molecule has 1 aromatic heterocycles. The Kier molecular flexibility index (Phi) is 6.90. The number of aryl methyl sites for hydroxylation is 1. The summed E-state index contributed by atoms with van der Waals surface area (Å²) in [4.78, 5) is 28.0. The highest BCUT2D eigenvalue weighted by Crippen LogP contribution is 2.30. The summed E-state index contributed by atoms with van der Waals surface area (Å²) >= 11 is 12.1. The van der Waals surface area contributed by atoms with E-state index >= 15 is 0 Å². The van der Waals surface area contributed by atoms with Crippen LogP contribution < -0.4 is 5.32 Å². The molecule has 1 N–H and O–H groups in total. The van der Waals surface area contributed by atoms with Gasteiger partial charge in [0, 0.05) is 29.1 Å². The number of ether oxygens (including phenoxy) is 1. The molecule has 0 spiro atoms. The van der Waals surface area contributed by atoms with Crippen LogP contribution in [0.15, 0.2) is 53.1 Å². The first-order chi connectivity index (χ1) is 14.0. The Morgan fingerprint density at radius 2 is 1.90 bits per heavy atom. The van der Waals surface area contributed by atoms with Gasteiger partial charge < -0.3 is 14.5 Å². The molecule has 29 heavy (non-hydrogen) atoms. The molecule has 0 atom stereocenters. The Morgan fingerprint density at radius 1 is 1.14 bits per heavy atom. The number of nitrogens with zero attached hydrogens (tertiary/aromatic N) is 1. The van der Waals surface area contributed by atoms with E-state index in [0.717, 1.165) is 0 Å². The lowest BCUT2D eigenvalue weighted by Crippen LogP contribution is -2.12. The molecule has 8 heteroatoms. The molecule has 3 aromatic rings. The van der Waals surface area contributed by atoms with Gasteiger partial charge in [0.1, 0.15) is 0 Å². The highest BCUT2D eigenvalue weighted by Gasteiger charge is 2.12. The normalized spacial score (nSPS) is 10.6. The van der Waals surface area contributed by atoms with E-state index in [4.69, 9.17) is 32.4 Å². The van der Waals surface area contributed by atoms with Gasteiger partial charge in [-0.25, -0.2) is 9.78 Å². The van der Waals surface area contributed by atoms with Crippen LogP contribution in [0.25, 0.3) is 11.3 Å². The van der Waals surface area contributed by atoms with E-state index in [1.807, 2.05) is 0 Å². The molecule has 0 aliphatic heterocycles. The van der Waals surface area contributed by atoms with Crippen LogP contribution in [0, 0.1) is 0 Å². The first-order valence-corrected chi connectivity index (χ1v) is 9.69. The van der Waals surface area contributed by atoms with E-state index in [1.165, 1.54) is 0 Å². The van der Waals surface area contributed by atoms with E-state index in [2.05, 4.69) is 10.3 Å². The van der Waals surface area contributed by atoms with Crippen LogP contribution in [0.1, 0.15) is 29.6 Å². The van der Waals surface area contributed by atoms with Crippen molar-refractivity contribution in [2.75, 3.05) is 11.9 Å². The standard InChI is InChI=1S/C21H18Cl2N2O4/c1-2-28-21(27)13-3-6-15(7-4-13)25-19(26)9-10-20-24-12-18(29-20)16-8-5-14(22)11-17(16)23/h3-8,11-12H,2,9-10H2,1H3,(H,25,26). The molecule has 0 saturated heterocycles. The number of amides is 1. The summed E-state index contributed by atoms with van der Waals surface area (Å²) in [5.41, 5.74) is 1.70. The van der Waals surface area contributed by atoms with Crippen molar-refractivity contribution in [2.24, 2.45) is 0 Å². The lowest BCUT2D eigenvalue weighted by Gasteiger charge is -2.06. The van der Waals surface area contributed by atoms with Gasteiger partial charge in [-0.15, -0.1) is 0 Å². The third-order valence-electron chi connectivity index (χ3n) is 4.00. The molecule has 0 saturated carbocycles. The van der Waals surface area contributed by atoms with Crippen LogP contribution in [0.2, 0.25) is 10.0 Å². The summed E-state index contributed by atoms with van der Waals surface area (Å²) in [6.07, 6.45) is 2.09. The van der Waals surface area contributed by atoms with Crippen LogP contribution in [0.5, 0.6) is 0 Å². The predicted molar refractivity (Wildman–Crippen MR) is 111 cm³/mol. The minimum atomic E-state index is -0.397. The van der Waals surface area contributed by atoms with Gasteiger partial charge in [-0.2, -0.15) is 0 Å². The Labute approximate surface area is 177 Å². The van der Waals surface area contributed by atoms with Crippen LogP contribution >= 0.6 is 23.2 Å². The van der Waals surface area contributed by atoms with Crippen LogP contribution in [0.4, 0.5) is 5.69 Å². The summed E-state index contributed by atoms with van der Waals surface area (Å²) in [6.45, 7) is 2.05. The number of carbonyl (C=O) groups is 2. The number of hydrogen-bond donors (Lipinski definition) is 1. The number of rotatable bonds is 7. The van der Waals surface area contributed by atoms with Gasteiger partial charge in [0.25, 0.3) is 0 Å². The summed E-state index contributed by atoms with van der Waals surface area (Å²) in [5, 5.41) is 3.76. The number of hydrogen-bond acceptors (Lipinski definition) is 5. The summed E-state index contributed by atoms with van der Waals surface area (Å²) < 4.78 is 10.6. The Bertz CT molecular complexity index is 1020. The summed E-state index contributed by atoms with van der Waals surface area (Å²) in [6, 6.07) is 11.6. The van der Waals surface area contributed by atoms with E-state index in [-0.39, 0.29) is 12.3 Å². The lowest BCUT2D eigenvalue weighted by molar-refractivity contribution is -0.116. The Morgan fingerprint density at radius 3 is 2.59 bits per heavy atom. The molecule has 1 amide bonds. The fourth-order valence-electron chi connectivity index (χ4n) is 2.59. The van der Waals surface area contributed by atoms with E-state index in [9.17, 15) is 9.59 Å². The third-order valence-corrected chi connectivity index (χ3v) is 4.54. The van der Waals surface area contributed by atoms with Gasteiger partial charge in [-0.1, -0.05) is 23.2 Å². The second-order valence-electron chi connectivity index (χ2n) is 6.09. The smallest absolute Gasteiger partial charge is 0.338 e. The zero-order valence-electron chi connectivity index (χ0n) is 15.6. The molecule has 0 bridgehead atoms. The minimum absolute atomic E-state index is 0.188. The van der Waals surface area contributed by atoms with Crippen molar-refractivity contribution < 1.29 is 18.7 Å². The van der Waals surface area contributed by atoms with Gasteiger partial charge >= 0.3 is 5.97 Å². The second-order valence-corrected chi connectivity index (χ2v) is 6.93. The third kappa shape index (κ3) is 5.59. The molecule has 150 valence electrons. The fraction of sp³-hybridized carbons (Fsp3) is 0.190. The van der Waals surface area contributed by atoms with Crippen LogP contribution in [0.3, 0.4) is 0 Å². The maximum absolute atomic E-state index is 12.2. The lowest BCUT2D eigenvalue weighted by atomic mass is 10.2. The molecular weight excluding hydrogens is 415 g/mol.